The summed E-state index contributed by atoms with van der Waals surface area (Å²) in [5.41, 5.74) is 0. The third kappa shape index (κ3) is 1.89. The van der Waals surface area contributed by atoms with E-state index in [0.29, 0.717) is 18.8 Å². The number of hydrogen-bond donors (Lipinski definition) is 1. The van der Waals surface area contributed by atoms with Crippen LogP contribution in [0.15, 0.2) is 0 Å². The van der Waals surface area contributed by atoms with Crippen LogP contribution in [0, 0.1) is 16.0 Å². The second-order valence-electron chi connectivity index (χ2n) is 3.34. The van der Waals surface area contributed by atoms with Gasteiger partial charge in [0.25, 0.3) is 0 Å². The number of nitrogens with zero attached hydrogens (tertiary/aromatic N) is 1. The Morgan fingerprint density at radius 1 is 1.55 bits per heavy atom. The lowest BCUT2D eigenvalue weighted by atomic mass is 9.85. The van der Waals surface area contributed by atoms with Gasteiger partial charge < -0.3 is 5.11 Å². The molecule has 0 aromatic carbocycles. The van der Waals surface area contributed by atoms with Crippen molar-refractivity contribution in [3.63, 3.8) is 0 Å². The molecule has 0 aromatic rings. The number of aliphatic hydroxyl groups is 1. The smallest absolute Gasteiger partial charge is 0.238 e. The molecule has 0 amide bonds. The van der Waals surface area contributed by atoms with Crippen molar-refractivity contribution in [2.75, 3.05) is 0 Å². The highest BCUT2D eigenvalue weighted by molar-refractivity contribution is 4.77. The van der Waals surface area contributed by atoms with Crippen LogP contribution >= 0.6 is 0 Å². The van der Waals surface area contributed by atoms with Crippen molar-refractivity contribution in [2.45, 2.75) is 38.3 Å². The second-order valence-corrected chi connectivity index (χ2v) is 3.34. The molecule has 3 atom stereocenters. The van der Waals surface area contributed by atoms with Crippen molar-refractivity contribution in [2.24, 2.45) is 5.92 Å². The summed E-state index contributed by atoms with van der Waals surface area (Å²) < 4.78 is 0. The molecule has 0 aromatic heterocycles. The zero-order valence-corrected chi connectivity index (χ0v) is 6.56. The van der Waals surface area contributed by atoms with E-state index in [1.54, 1.807) is 0 Å². The van der Waals surface area contributed by atoms with Crippen molar-refractivity contribution in [3.05, 3.63) is 10.1 Å². The quantitative estimate of drug-likeness (QED) is 0.455. The summed E-state index contributed by atoms with van der Waals surface area (Å²) in [6.07, 6.45) is 1.23. The molecule has 1 aliphatic rings. The van der Waals surface area contributed by atoms with Crippen LogP contribution in [0.4, 0.5) is 0 Å². The van der Waals surface area contributed by atoms with Gasteiger partial charge >= 0.3 is 0 Å². The van der Waals surface area contributed by atoms with Gasteiger partial charge in [0.1, 0.15) is 6.10 Å². The fraction of sp³-hybridized carbons (Fsp3) is 1.00. The van der Waals surface area contributed by atoms with Gasteiger partial charge in [-0.05, 0) is 18.8 Å². The molecule has 1 saturated carbocycles. The standard InChI is InChI=1S/C7H13NO3/c1-5-2-3-6(8(10)11)7(9)4-5/h5-7,9H,2-4H2,1H3. The number of aliphatic hydroxyl groups excluding tert-OH is 1. The third-order valence-electron chi connectivity index (χ3n) is 2.31. The zero-order valence-electron chi connectivity index (χ0n) is 6.56. The van der Waals surface area contributed by atoms with Crippen molar-refractivity contribution < 1.29 is 10.0 Å². The number of rotatable bonds is 1. The van der Waals surface area contributed by atoms with Gasteiger partial charge in [0.2, 0.25) is 6.04 Å². The molecule has 3 unspecified atom stereocenters. The summed E-state index contributed by atoms with van der Waals surface area (Å²) in [4.78, 5) is 9.95. The lowest BCUT2D eigenvalue weighted by molar-refractivity contribution is -0.538. The summed E-state index contributed by atoms with van der Waals surface area (Å²) >= 11 is 0. The van der Waals surface area contributed by atoms with Gasteiger partial charge in [0.15, 0.2) is 0 Å². The maximum atomic E-state index is 10.3. The monoisotopic (exact) mass is 159 g/mol. The Morgan fingerprint density at radius 2 is 2.18 bits per heavy atom. The van der Waals surface area contributed by atoms with Crippen LogP contribution in [-0.4, -0.2) is 22.2 Å². The molecule has 64 valence electrons. The molecule has 1 aliphatic carbocycles. The van der Waals surface area contributed by atoms with Gasteiger partial charge in [0.05, 0.1) is 0 Å². The minimum atomic E-state index is -0.728. The first-order valence-electron chi connectivity index (χ1n) is 3.93. The first-order chi connectivity index (χ1) is 5.11. The Hall–Kier alpha value is -0.640. The highest BCUT2D eigenvalue weighted by Crippen LogP contribution is 2.25. The maximum Gasteiger partial charge on any atom is 0.238 e. The molecule has 4 heteroatoms. The van der Waals surface area contributed by atoms with Crippen LogP contribution in [-0.2, 0) is 0 Å². The zero-order chi connectivity index (χ0) is 8.43. The fourth-order valence-corrected chi connectivity index (χ4v) is 1.58. The van der Waals surface area contributed by atoms with Crippen LogP contribution in [0.25, 0.3) is 0 Å². The number of nitro groups is 1. The lowest BCUT2D eigenvalue weighted by Crippen LogP contribution is -2.38. The highest BCUT2D eigenvalue weighted by Gasteiger charge is 2.34. The Bertz CT molecular complexity index is 160. The second kappa shape index (κ2) is 3.17. The predicted octanol–water partition coefficient (Wildman–Crippen LogP) is 0.813. The minimum Gasteiger partial charge on any atom is -0.386 e. The van der Waals surface area contributed by atoms with E-state index < -0.39 is 12.1 Å². The normalized spacial score (nSPS) is 38.5. The summed E-state index contributed by atoms with van der Waals surface area (Å²) in [6.45, 7) is 2.01. The average Bonchev–Trinajstić information content (AvgIpc) is 1.85. The summed E-state index contributed by atoms with van der Waals surface area (Å²) in [5.74, 6) is 0.432. The van der Waals surface area contributed by atoms with Crippen molar-refractivity contribution in [1.29, 1.82) is 0 Å². The SMILES string of the molecule is CC1CCC([N+](=O)[O-])C(O)C1. The Kier molecular flexibility index (Phi) is 2.44. The third-order valence-corrected chi connectivity index (χ3v) is 2.31. The summed E-state index contributed by atoms with van der Waals surface area (Å²) in [6, 6.07) is -0.716. The molecule has 4 nitrogen and oxygen atoms in total. The van der Waals surface area contributed by atoms with E-state index in [1.807, 2.05) is 6.92 Å². The van der Waals surface area contributed by atoms with Crippen LogP contribution in [0.2, 0.25) is 0 Å². The first-order valence-corrected chi connectivity index (χ1v) is 3.93. The minimum absolute atomic E-state index is 0.365. The molecular formula is C7H13NO3. The molecule has 0 bridgehead atoms. The molecule has 0 radical (unpaired) electrons. The van der Waals surface area contributed by atoms with Gasteiger partial charge in [-0.3, -0.25) is 10.1 Å². The fourth-order valence-electron chi connectivity index (χ4n) is 1.58. The van der Waals surface area contributed by atoms with Gasteiger partial charge in [0, 0.05) is 11.3 Å². The van der Waals surface area contributed by atoms with Gasteiger partial charge in [-0.2, -0.15) is 0 Å². The van der Waals surface area contributed by atoms with Crippen LogP contribution in [0.3, 0.4) is 0 Å². The van der Waals surface area contributed by atoms with Crippen molar-refractivity contribution in [3.8, 4) is 0 Å². The van der Waals surface area contributed by atoms with E-state index in [1.165, 1.54) is 0 Å². The molecule has 11 heavy (non-hydrogen) atoms. The van der Waals surface area contributed by atoms with Gasteiger partial charge in [-0.25, -0.2) is 0 Å². The predicted molar refractivity (Wildman–Crippen MR) is 39.8 cm³/mol. The molecule has 0 spiro atoms. The topological polar surface area (TPSA) is 63.4 Å². The van der Waals surface area contributed by atoms with Gasteiger partial charge in [-0.1, -0.05) is 6.92 Å². The summed E-state index contributed by atoms with van der Waals surface area (Å²) in [7, 11) is 0. The van der Waals surface area contributed by atoms with Crippen molar-refractivity contribution >= 4 is 0 Å². The molecule has 1 fully saturated rings. The van der Waals surface area contributed by atoms with Crippen LogP contribution in [0.5, 0.6) is 0 Å². The molecule has 0 saturated heterocycles. The molecule has 1 N–H and O–H groups in total. The van der Waals surface area contributed by atoms with E-state index >= 15 is 0 Å². The van der Waals surface area contributed by atoms with Crippen LogP contribution < -0.4 is 0 Å². The van der Waals surface area contributed by atoms with E-state index in [-0.39, 0.29) is 4.92 Å². The Labute approximate surface area is 65.4 Å². The molecule has 0 heterocycles. The molecular weight excluding hydrogens is 146 g/mol. The Balaban J connectivity index is 2.50. The Morgan fingerprint density at radius 3 is 2.64 bits per heavy atom. The first kappa shape index (κ1) is 8.46. The largest absolute Gasteiger partial charge is 0.386 e. The van der Waals surface area contributed by atoms with Gasteiger partial charge in [-0.15, -0.1) is 0 Å². The van der Waals surface area contributed by atoms with E-state index in [2.05, 4.69) is 0 Å². The molecule has 0 aliphatic heterocycles. The lowest BCUT2D eigenvalue weighted by Gasteiger charge is -2.25. The van der Waals surface area contributed by atoms with E-state index in [4.69, 9.17) is 0 Å². The maximum absolute atomic E-state index is 10.3. The highest BCUT2D eigenvalue weighted by atomic mass is 16.6. The summed E-state index contributed by atoms with van der Waals surface area (Å²) in [5, 5.41) is 19.6. The van der Waals surface area contributed by atoms with Crippen molar-refractivity contribution in [1.82, 2.24) is 0 Å². The van der Waals surface area contributed by atoms with Crippen LogP contribution in [0.1, 0.15) is 26.2 Å². The average molecular weight is 159 g/mol. The molecule has 1 rings (SSSR count). The number of hydrogen-bond acceptors (Lipinski definition) is 3. The van der Waals surface area contributed by atoms with E-state index in [9.17, 15) is 15.2 Å². The van der Waals surface area contributed by atoms with E-state index in [0.717, 1.165) is 6.42 Å².